The van der Waals surface area contributed by atoms with Gasteiger partial charge in [0, 0.05) is 5.92 Å². The maximum atomic E-state index is 11.0. The normalized spacial score (nSPS) is 55.5. The smallest absolute Gasteiger partial charge is 0.200 e. The van der Waals surface area contributed by atoms with E-state index in [1.165, 1.54) is 0 Å². The van der Waals surface area contributed by atoms with Crippen LogP contribution in [0.5, 0.6) is 0 Å². The summed E-state index contributed by atoms with van der Waals surface area (Å²) in [5.74, 6) is -7.34. The Kier molecular flexibility index (Phi) is 10.2. The quantitative estimate of drug-likeness (QED) is 0.0668. The summed E-state index contributed by atoms with van der Waals surface area (Å²) in [6.07, 6.45) is -10.5. The highest BCUT2D eigenvalue weighted by Crippen LogP contribution is 2.52. The van der Waals surface area contributed by atoms with Crippen molar-refractivity contribution in [2.45, 2.75) is 103 Å². The van der Waals surface area contributed by atoms with Crippen LogP contribution in [-0.2, 0) is 52.1 Å². The second kappa shape index (κ2) is 14.0. The van der Waals surface area contributed by atoms with Gasteiger partial charge in [0.05, 0.1) is 115 Å². The van der Waals surface area contributed by atoms with E-state index < -0.39 is 141 Å². The van der Waals surface area contributed by atoms with Crippen molar-refractivity contribution < 1.29 is 98.1 Å². The molecule has 52 heavy (non-hydrogen) atoms. The van der Waals surface area contributed by atoms with Gasteiger partial charge in [0.15, 0.2) is 23.1 Å². The number of aliphatic hydroxyl groups is 9. The van der Waals surface area contributed by atoms with E-state index in [1.54, 1.807) is 0 Å². The largest absolute Gasteiger partial charge is 0.394 e. The molecule has 0 radical (unpaired) electrons. The minimum atomic E-state index is -1.48. The molecule has 11 rings (SSSR count). The number of hydrogen-bond donors (Lipinski definition) is 9. The second-order valence-corrected chi connectivity index (χ2v) is 15.2. The zero-order valence-electron chi connectivity index (χ0n) is 28.5. The van der Waals surface area contributed by atoms with E-state index in [0.29, 0.717) is 0 Å². The summed E-state index contributed by atoms with van der Waals surface area (Å²) in [7, 11) is 0. The number of ether oxygens (including phenoxy) is 11. The van der Waals surface area contributed by atoms with Gasteiger partial charge in [0.2, 0.25) is 0 Å². The van der Waals surface area contributed by atoms with Crippen LogP contribution < -0.4 is 0 Å². The number of aliphatic hydroxyl groups excluding tert-OH is 9. The number of rotatable bonds is 17. The summed E-state index contributed by atoms with van der Waals surface area (Å²) in [6, 6.07) is 0. The molecule has 0 aromatic heterocycles. The SMILES string of the molecule is C[C@H]1[C@H]2OC1(CO)O[C@H](COC[C@H]1[C@H]3OC1(CO)O[C@H](COC[C@H]1[C@H]4OC1(CO)O[C@H](COC[C@H]1[C@H]5OC1(CO)O[C@H](CO)C5O)C4O)C3O)C2O. The molecule has 0 aromatic carbocycles. The van der Waals surface area contributed by atoms with E-state index in [1.807, 2.05) is 6.92 Å². The lowest BCUT2D eigenvalue weighted by Crippen LogP contribution is -2.77. The lowest BCUT2D eigenvalue weighted by molar-refractivity contribution is -0.481. The molecule has 11 heterocycles. The lowest BCUT2D eigenvalue weighted by atomic mass is 9.78. The third-order valence-electron chi connectivity index (χ3n) is 12.5. The molecule has 8 unspecified atom stereocenters. The average molecular weight is 755 g/mol. The summed E-state index contributed by atoms with van der Waals surface area (Å²) in [5, 5.41) is 92.5. The summed E-state index contributed by atoms with van der Waals surface area (Å²) in [5.41, 5.74) is 0. The third kappa shape index (κ3) is 5.57. The Labute approximate surface area is 297 Å². The molecule has 0 spiro atoms. The minimum Gasteiger partial charge on any atom is -0.394 e. The van der Waals surface area contributed by atoms with Gasteiger partial charge in [-0.05, 0) is 0 Å². The number of hydrogen-bond acceptors (Lipinski definition) is 20. The Bertz CT molecular complexity index is 1280. The van der Waals surface area contributed by atoms with Crippen LogP contribution >= 0.6 is 0 Å². The Morgan fingerprint density at radius 2 is 0.712 bits per heavy atom. The Morgan fingerprint density at radius 1 is 0.404 bits per heavy atom. The van der Waals surface area contributed by atoms with Crippen LogP contribution in [0, 0.1) is 23.7 Å². The molecule has 11 aliphatic heterocycles. The Balaban J connectivity index is 0.791. The van der Waals surface area contributed by atoms with E-state index in [-0.39, 0.29) is 52.2 Å². The molecule has 9 N–H and O–H groups in total. The maximum Gasteiger partial charge on any atom is 0.200 e. The average Bonchev–Trinajstić information content (AvgIpc) is 3.14. The molecular weight excluding hydrogens is 704 g/mol. The van der Waals surface area contributed by atoms with Crippen molar-refractivity contribution in [1.82, 2.24) is 0 Å². The predicted molar refractivity (Wildman–Crippen MR) is 161 cm³/mol. The highest BCUT2D eigenvalue weighted by molar-refractivity contribution is 5.09. The molecule has 0 aromatic rings. The monoisotopic (exact) mass is 754 g/mol. The molecule has 11 fully saturated rings. The lowest BCUT2D eigenvalue weighted by Gasteiger charge is -2.62. The van der Waals surface area contributed by atoms with Crippen molar-refractivity contribution in [1.29, 1.82) is 0 Å². The first kappa shape index (κ1) is 38.1. The highest BCUT2D eigenvalue weighted by atomic mass is 16.8. The minimum absolute atomic E-state index is 0.00749. The standard InChI is InChI=1S/C32H50O20/c1-13-25-22(39)18(46-29(13,9-34)49-25)6-42-4-15-27-24(41)20(48-31(15,11-36)51-27)8-44-5-16-28-23(40)19(47-32(16,12-37)52-28)7-43-3-14-26-21(38)17(2-33)45-30(14,10-35)50-26/h13-28,33-41H,2-12H2,1H3/t13-,14-,15-,16-,17+,18+,19+,20+,21?,22?,23?,24?,25+,26+,27+,28+,29?,30?,31?,32?/m0/s1. The van der Waals surface area contributed by atoms with Crippen molar-refractivity contribution in [3.63, 3.8) is 0 Å². The van der Waals surface area contributed by atoms with Gasteiger partial charge in [-0.1, -0.05) is 6.92 Å². The van der Waals surface area contributed by atoms with Gasteiger partial charge in [-0.3, -0.25) is 0 Å². The summed E-state index contributed by atoms with van der Waals surface area (Å²) >= 11 is 0. The van der Waals surface area contributed by atoms with Gasteiger partial charge in [0.25, 0.3) is 0 Å². The van der Waals surface area contributed by atoms with Crippen molar-refractivity contribution in [3.05, 3.63) is 0 Å². The van der Waals surface area contributed by atoms with Gasteiger partial charge in [-0.2, -0.15) is 0 Å². The summed E-state index contributed by atoms with van der Waals surface area (Å²) in [6.45, 7) is -0.801. The fourth-order valence-corrected chi connectivity index (χ4v) is 9.21. The fraction of sp³-hybridized carbons (Fsp3) is 1.00. The highest BCUT2D eigenvalue weighted by Gasteiger charge is 2.69. The van der Waals surface area contributed by atoms with E-state index in [9.17, 15) is 46.0 Å². The summed E-state index contributed by atoms with van der Waals surface area (Å²) in [4.78, 5) is 0. The van der Waals surface area contributed by atoms with Crippen LogP contribution in [-0.4, -0.2) is 215 Å². The number of fused-ring (bicyclic) bond motifs is 8. The van der Waals surface area contributed by atoms with Crippen molar-refractivity contribution in [2.24, 2.45) is 23.7 Å². The molecule has 0 amide bonds. The molecular formula is C32H50O20. The van der Waals surface area contributed by atoms with Crippen LogP contribution in [0.2, 0.25) is 0 Å². The Morgan fingerprint density at radius 3 is 1.06 bits per heavy atom. The fourth-order valence-electron chi connectivity index (χ4n) is 9.21. The molecule has 0 aliphatic carbocycles. The first-order valence-corrected chi connectivity index (χ1v) is 17.9. The maximum absolute atomic E-state index is 11.0. The van der Waals surface area contributed by atoms with Crippen molar-refractivity contribution >= 4 is 0 Å². The van der Waals surface area contributed by atoms with Crippen LogP contribution in [0.25, 0.3) is 0 Å². The van der Waals surface area contributed by atoms with Crippen LogP contribution in [0.15, 0.2) is 0 Å². The molecule has 11 saturated heterocycles. The van der Waals surface area contributed by atoms with E-state index in [4.69, 9.17) is 52.1 Å². The zero-order chi connectivity index (χ0) is 36.8. The Hall–Kier alpha value is -0.800. The van der Waals surface area contributed by atoms with Gasteiger partial charge in [-0.15, -0.1) is 0 Å². The van der Waals surface area contributed by atoms with E-state index in [0.717, 1.165) is 0 Å². The van der Waals surface area contributed by atoms with E-state index in [2.05, 4.69) is 0 Å². The third-order valence-corrected chi connectivity index (χ3v) is 12.5. The molecule has 20 nitrogen and oxygen atoms in total. The topological polar surface area (TPSA) is 284 Å². The van der Waals surface area contributed by atoms with Gasteiger partial charge >= 0.3 is 0 Å². The first-order chi connectivity index (χ1) is 24.9. The molecule has 20 heteroatoms. The second-order valence-electron chi connectivity index (χ2n) is 15.2. The molecule has 0 saturated carbocycles. The molecule has 20 atom stereocenters. The van der Waals surface area contributed by atoms with Gasteiger partial charge < -0.3 is 98.1 Å². The van der Waals surface area contributed by atoms with E-state index >= 15 is 0 Å². The van der Waals surface area contributed by atoms with Crippen molar-refractivity contribution in [3.8, 4) is 0 Å². The van der Waals surface area contributed by atoms with Gasteiger partial charge in [-0.25, -0.2) is 0 Å². The molecule has 11 aliphatic rings. The van der Waals surface area contributed by atoms with Crippen molar-refractivity contribution in [2.75, 3.05) is 72.7 Å². The molecule has 298 valence electrons. The van der Waals surface area contributed by atoms with Gasteiger partial charge in [0.1, 0.15) is 48.8 Å². The summed E-state index contributed by atoms with van der Waals surface area (Å²) < 4.78 is 63.5. The van der Waals surface area contributed by atoms with Crippen LogP contribution in [0.1, 0.15) is 6.92 Å². The van der Waals surface area contributed by atoms with Crippen LogP contribution in [0.3, 0.4) is 0 Å². The first-order valence-electron chi connectivity index (χ1n) is 17.9. The van der Waals surface area contributed by atoms with Crippen LogP contribution in [0.4, 0.5) is 0 Å². The molecule has 8 bridgehead atoms. The predicted octanol–water partition coefficient (Wildman–Crippen LogP) is -6.10. The zero-order valence-corrected chi connectivity index (χ0v) is 28.5.